The first kappa shape index (κ1) is 17.1. The number of hydrogen-bond donors (Lipinski definition) is 1. The second kappa shape index (κ2) is 7.92. The predicted octanol–water partition coefficient (Wildman–Crippen LogP) is 3.32. The normalized spacial score (nSPS) is 14.6. The van der Waals surface area contributed by atoms with E-state index >= 15 is 0 Å². The second-order valence-electron chi connectivity index (χ2n) is 6.21. The molecule has 0 saturated heterocycles. The molecule has 3 rings (SSSR count). The first-order valence-corrected chi connectivity index (χ1v) is 8.52. The molecule has 0 bridgehead atoms. The van der Waals surface area contributed by atoms with Gasteiger partial charge in [-0.3, -0.25) is 4.79 Å². The summed E-state index contributed by atoms with van der Waals surface area (Å²) in [5, 5.41) is 3.00. The Kier molecular flexibility index (Phi) is 5.43. The quantitative estimate of drug-likeness (QED) is 0.839. The molecule has 1 aliphatic rings. The van der Waals surface area contributed by atoms with Gasteiger partial charge < -0.3 is 19.5 Å². The highest BCUT2D eigenvalue weighted by Crippen LogP contribution is 2.35. The Hall–Kier alpha value is -2.69. The Morgan fingerprint density at radius 2 is 1.88 bits per heavy atom. The molecule has 2 atom stereocenters. The number of hydrogen-bond acceptors (Lipinski definition) is 4. The van der Waals surface area contributed by atoms with Crippen molar-refractivity contribution < 1.29 is 19.0 Å². The van der Waals surface area contributed by atoms with E-state index in [1.54, 1.807) is 25.1 Å². The summed E-state index contributed by atoms with van der Waals surface area (Å²) in [5.41, 5.74) is 1.27. The minimum Gasteiger partial charge on any atom is -0.481 e. The van der Waals surface area contributed by atoms with Gasteiger partial charge in [-0.05, 0) is 44.4 Å². The van der Waals surface area contributed by atoms with Crippen LogP contribution in [0, 0.1) is 0 Å². The first-order valence-electron chi connectivity index (χ1n) is 8.52. The van der Waals surface area contributed by atoms with Crippen molar-refractivity contribution in [2.45, 2.75) is 38.8 Å². The number of carbonyl (C=O) groups is 1. The lowest BCUT2D eigenvalue weighted by atomic mass is 10.1. The van der Waals surface area contributed by atoms with Crippen molar-refractivity contribution in [3.63, 3.8) is 0 Å². The minimum atomic E-state index is -0.584. The molecule has 1 N–H and O–H groups in total. The molecule has 132 valence electrons. The first-order chi connectivity index (χ1) is 12.1. The third kappa shape index (κ3) is 4.66. The summed E-state index contributed by atoms with van der Waals surface area (Å²) in [5.74, 6) is 1.79. The van der Waals surface area contributed by atoms with Crippen LogP contribution in [0.5, 0.6) is 17.2 Å². The molecule has 0 saturated carbocycles. The van der Waals surface area contributed by atoms with Crippen LogP contribution in [0.2, 0.25) is 0 Å². The van der Waals surface area contributed by atoms with E-state index in [1.165, 1.54) is 5.56 Å². The van der Waals surface area contributed by atoms with Crippen molar-refractivity contribution in [2.24, 2.45) is 0 Å². The molecule has 1 aliphatic heterocycles. The number of aryl methyl sites for hydroxylation is 1. The number of amides is 1. The summed E-state index contributed by atoms with van der Waals surface area (Å²) in [6.45, 7) is 3.96. The monoisotopic (exact) mass is 341 g/mol. The van der Waals surface area contributed by atoms with Crippen LogP contribution in [-0.4, -0.2) is 24.8 Å². The largest absolute Gasteiger partial charge is 0.481 e. The number of ether oxygens (including phenoxy) is 3. The number of carbonyl (C=O) groups excluding carboxylic acids is 1. The molecular formula is C20H23NO4. The molecule has 0 radical (unpaired) electrons. The van der Waals surface area contributed by atoms with E-state index in [9.17, 15) is 4.79 Å². The molecule has 1 amide bonds. The van der Waals surface area contributed by atoms with E-state index < -0.39 is 6.10 Å². The topological polar surface area (TPSA) is 56.8 Å². The van der Waals surface area contributed by atoms with Gasteiger partial charge in [0.15, 0.2) is 17.6 Å². The number of fused-ring (bicyclic) bond motifs is 1. The van der Waals surface area contributed by atoms with Gasteiger partial charge in [0.1, 0.15) is 5.75 Å². The lowest BCUT2D eigenvalue weighted by Crippen LogP contribution is -2.41. The van der Waals surface area contributed by atoms with E-state index in [4.69, 9.17) is 14.2 Å². The molecule has 0 unspecified atom stereocenters. The Balaban J connectivity index is 1.47. The van der Waals surface area contributed by atoms with Crippen molar-refractivity contribution in [3.05, 3.63) is 54.1 Å². The van der Waals surface area contributed by atoms with E-state index in [0.29, 0.717) is 17.2 Å². The highest BCUT2D eigenvalue weighted by atomic mass is 16.7. The molecular weight excluding hydrogens is 318 g/mol. The molecule has 2 aromatic carbocycles. The number of nitrogens with one attached hydrogen (secondary N) is 1. The van der Waals surface area contributed by atoms with Crippen LogP contribution >= 0.6 is 0 Å². The van der Waals surface area contributed by atoms with Crippen LogP contribution in [-0.2, 0) is 11.2 Å². The maximum absolute atomic E-state index is 12.3. The minimum absolute atomic E-state index is 0.0792. The summed E-state index contributed by atoms with van der Waals surface area (Å²) in [4.78, 5) is 12.3. The zero-order valence-electron chi connectivity index (χ0n) is 14.5. The summed E-state index contributed by atoms with van der Waals surface area (Å²) < 4.78 is 16.3. The third-order valence-corrected chi connectivity index (χ3v) is 4.12. The van der Waals surface area contributed by atoms with Gasteiger partial charge >= 0.3 is 0 Å². The van der Waals surface area contributed by atoms with Crippen molar-refractivity contribution in [2.75, 3.05) is 6.79 Å². The van der Waals surface area contributed by atoms with Crippen LogP contribution in [0.1, 0.15) is 25.8 Å². The summed E-state index contributed by atoms with van der Waals surface area (Å²) in [6, 6.07) is 15.6. The smallest absolute Gasteiger partial charge is 0.260 e. The molecule has 2 aromatic rings. The van der Waals surface area contributed by atoms with Crippen molar-refractivity contribution in [1.29, 1.82) is 0 Å². The lowest BCUT2D eigenvalue weighted by Gasteiger charge is -2.19. The van der Waals surface area contributed by atoms with Crippen molar-refractivity contribution >= 4 is 5.91 Å². The molecule has 25 heavy (non-hydrogen) atoms. The number of rotatable bonds is 7. The van der Waals surface area contributed by atoms with Crippen molar-refractivity contribution in [3.8, 4) is 17.2 Å². The predicted molar refractivity (Wildman–Crippen MR) is 95.0 cm³/mol. The van der Waals surface area contributed by atoms with Crippen molar-refractivity contribution in [1.82, 2.24) is 5.32 Å². The lowest BCUT2D eigenvalue weighted by molar-refractivity contribution is -0.127. The summed E-state index contributed by atoms with van der Waals surface area (Å²) >= 11 is 0. The highest BCUT2D eigenvalue weighted by molar-refractivity contribution is 5.81. The molecule has 0 fully saturated rings. The van der Waals surface area contributed by atoms with Crippen LogP contribution in [0.15, 0.2) is 48.5 Å². The fourth-order valence-electron chi connectivity index (χ4n) is 2.67. The SMILES string of the molecule is C[C@@H](CCc1ccccc1)NC(=O)[C@@H](C)Oc1ccc2c(c1)OCO2. The number of benzene rings is 2. The van der Waals surface area contributed by atoms with E-state index in [1.807, 2.05) is 25.1 Å². The average molecular weight is 341 g/mol. The summed E-state index contributed by atoms with van der Waals surface area (Å²) in [6.07, 6.45) is 1.23. The third-order valence-electron chi connectivity index (χ3n) is 4.12. The molecule has 5 nitrogen and oxygen atoms in total. The van der Waals surface area contributed by atoms with Crippen LogP contribution in [0.4, 0.5) is 0 Å². The van der Waals surface area contributed by atoms with Gasteiger partial charge in [0.05, 0.1) is 0 Å². The second-order valence-corrected chi connectivity index (χ2v) is 6.21. The molecule has 0 spiro atoms. The summed E-state index contributed by atoms with van der Waals surface area (Å²) in [7, 11) is 0. The van der Waals surface area contributed by atoms with Gasteiger partial charge in [-0.15, -0.1) is 0 Å². The van der Waals surface area contributed by atoms with Crippen LogP contribution < -0.4 is 19.5 Å². The highest BCUT2D eigenvalue weighted by Gasteiger charge is 2.19. The zero-order valence-corrected chi connectivity index (χ0v) is 14.5. The van der Waals surface area contributed by atoms with Gasteiger partial charge in [-0.2, -0.15) is 0 Å². The Morgan fingerprint density at radius 1 is 1.12 bits per heavy atom. The fourth-order valence-corrected chi connectivity index (χ4v) is 2.67. The molecule has 1 heterocycles. The van der Waals surface area contributed by atoms with Gasteiger partial charge in [0, 0.05) is 12.1 Å². The fraction of sp³-hybridized carbons (Fsp3) is 0.350. The Bertz CT molecular complexity index is 717. The van der Waals surface area contributed by atoms with E-state index in [2.05, 4.69) is 17.4 Å². The van der Waals surface area contributed by atoms with Gasteiger partial charge in [-0.1, -0.05) is 30.3 Å². The molecule has 0 aliphatic carbocycles. The maximum atomic E-state index is 12.3. The standard InChI is InChI=1S/C20H23NO4/c1-14(8-9-16-6-4-3-5-7-16)21-20(22)15(2)25-17-10-11-18-19(12-17)24-13-23-18/h3-7,10-12,14-15H,8-9,13H2,1-2H3,(H,21,22)/t14-,15+/m0/s1. The Labute approximate surface area is 147 Å². The van der Waals surface area contributed by atoms with E-state index in [-0.39, 0.29) is 18.7 Å². The van der Waals surface area contributed by atoms with Gasteiger partial charge in [-0.25, -0.2) is 0 Å². The van der Waals surface area contributed by atoms with E-state index in [0.717, 1.165) is 12.8 Å². The van der Waals surface area contributed by atoms with Gasteiger partial charge in [0.2, 0.25) is 6.79 Å². The average Bonchev–Trinajstić information content (AvgIpc) is 3.08. The Morgan fingerprint density at radius 3 is 2.68 bits per heavy atom. The van der Waals surface area contributed by atoms with Crippen LogP contribution in [0.3, 0.4) is 0 Å². The van der Waals surface area contributed by atoms with Crippen LogP contribution in [0.25, 0.3) is 0 Å². The molecule has 5 heteroatoms. The zero-order chi connectivity index (χ0) is 17.6. The maximum Gasteiger partial charge on any atom is 0.260 e. The van der Waals surface area contributed by atoms with Gasteiger partial charge in [0.25, 0.3) is 5.91 Å². The molecule has 0 aromatic heterocycles.